The van der Waals surface area contributed by atoms with Gasteiger partial charge in [-0.1, -0.05) is 29.8 Å². The summed E-state index contributed by atoms with van der Waals surface area (Å²) in [6.07, 6.45) is 3.68. The molecule has 1 amide bonds. The summed E-state index contributed by atoms with van der Waals surface area (Å²) in [6, 6.07) is 10.4. The number of ether oxygens (including phenoxy) is 2. The van der Waals surface area contributed by atoms with Crippen molar-refractivity contribution < 1.29 is 18.7 Å². The fourth-order valence-corrected chi connectivity index (χ4v) is 4.53. The molecular weight excluding hydrogens is 415 g/mol. The van der Waals surface area contributed by atoms with Gasteiger partial charge in [0.05, 0.1) is 10.4 Å². The molecule has 2 heterocycles. The molecule has 0 saturated heterocycles. The number of benzene rings is 2. The molecule has 0 bridgehead atoms. The molecule has 0 radical (unpaired) electrons. The summed E-state index contributed by atoms with van der Waals surface area (Å²) in [5.41, 5.74) is 1.05. The molecule has 1 aromatic heterocycles. The van der Waals surface area contributed by atoms with Gasteiger partial charge in [-0.05, 0) is 42.2 Å². The summed E-state index contributed by atoms with van der Waals surface area (Å²) >= 11 is 7.39. The Labute approximate surface area is 175 Å². The molecule has 1 aliphatic carbocycles. The number of rotatable bonds is 5. The van der Waals surface area contributed by atoms with Crippen molar-refractivity contribution in [3.8, 4) is 11.5 Å². The summed E-state index contributed by atoms with van der Waals surface area (Å²) in [7, 11) is 0. The number of hydrogen-bond acceptors (Lipinski definition) is 5. The number of halogens is 2. The summed E-state index contributed by atoms with van der Waals surface area (Å²) in [4.78, 5) is 18.2. The average Bonchev–Trinajstić information content (AvgIpc) is 3.20. The second kappa shape index (κ2) is 7.00. The smallest absolute Gasteiger partial charge is 0.236 e. The molecule has 0 atom stereocenters. The largest absolute Gasteiger partial charge is 0.454 e. The fraction of sp³-hybridized carbons (Fsp3) is 0.238. The van der Waals surface area contributed by atoms with Gasteiger partial charge in [0.2, 0.25) is 12.7 Å². The highest BCUT2D eigenvalue weighted by molar-refractivity contribution is 7.15. The highest BCUT2D eigenvalue weighted by Gasteiger charge is 2.52. The minimum absolute atomic E-state index is 0.0824. The molecule has 1 N–H and O–H groups in total. The molecule has 2 aromatic carbocycles. The van der Waals surface area contributed by atoms with Gasteiger partial charge in [-0.2, -0.15) is 0 Å². The second-order valence-corrected chi connectivity index (χ2v) is 8.62. The zero-order valence-electron chi connectivity index (χ0n) is 15.2. The van der Waals surface area contributed by atoms with Crippen molar-refractivity contribution in [3.05, 3.63) is 69.4 Å². The highest BCUT2D eigenvalue weighted by atomic mass is 35.5. The predicted molar refractivity (Wildman–Crippen MR) is 108 cm³/mol. The Bertz CT molecular complexity index is 1110. The van der Waals surface area contributed by atoms with E-state index >= 15 is 0 Å². The summed E-state index contributed by atoms with van der Waals surface area (Å²) in [6.45, 7) is 0.204. The van der Waals surface area contributed by atoms with E-state index < -0.39 is 11.2 Å². The summed E-state index contributed by atoms with van der Waals surface area (Å²) in [5, 5.41) is 3.57. The van der Waals surface area contributed by atoms with Crippen LogP contribution in [-0.2, 0) is 16.6 Å². The topological polar surface area (TPSA) is 60.5 Å². The Kier molecular flexibility index (Phi) is 4.44. The molecule has 1 fully saturated rings. The van der Waals surface area contributed by atoms with E-state index in [1.807, 2.05) is 18.2 Å². The third-order valence-electron chi connectivity index (χ3n) is 5.28. The first-order valence-electron chi connectivity index (χ1n) is 9.14. The third-order valence-corrected chi connectivity index (χ3v) is 6.62. The van der Waals surface area contributed by atoms with E-state index in [4.69, 9.17) is 21.1 Å². The number of carbonyl (C=O) groups is 1. The molecular formula is C21H16ClFN2O3S. The Hall–Kier alpha value is -2.64. The van der Waals surface area contributed by atoms with E-state index in [1.165, 1.54) is 17.4 Å². The Balaban J connectivity index is 1.31. The van der Waals surface area contributed by atoms with E-state index in [9.17, 15) is 9.18 Å². The van der Waals surface area contributed by atoms with E-state index in [2.05, 4.69) is 10.3 Å². The van der Waals surface area contributed by atoms with Gasteiger partial charge in [0.15, 0.2) is 16.6 Å². The van der Waals surface area contributed by atoms with Crippen LogP contribution in [0.15, 0.2) is 42.6 Å². The summed E-state index contributed by atoms with van der Waals surface area (Å²) < 4.78 is 24.4. The molecule has 5 nitrogen and oxygen atoms in total. The first-order valence-corrected chi connectivity index (χ1v) is 10.3. The lowest BCUT2D eigenvalue weighted by Crippen LogP contribution is -2.27. The molecule has 2 aliphatic rings. The maximum Gasteiger partial charge on any atom is 0.236 e. The van der Waals surface area contributed by atoms with Crippen LogP contribution in [0, 0.1) is 5.82 Å². The number of hydrogen-bond donors (Lipinski definition) is 1. The van der Waals surface area contributed by atoms with Crippen LogP contribution in [0.3, 0.4) is 0 Å². The van der Waals surface area contributed by atoms with Gasteiger partial charge in [0.1, 0.15) is 5.82 Å². The van der Waals surface area contributed by atoms with Gasteiger partial charge in [0, 0.05) is 17.5 Å². The first-order chi connectivity index (χ1) is 14.0. The number of thiazole rings is 1. The lowest BCUT2D eigenvalue weighted by molar-refractivity contribution is -0.118. The van der Waals surface area contributed by atoms with Crippen molar-refractivity contribution >= 4 is 34.0 Å². The monoisotopic (exact) mass is 430 g/mol. The lowest BCUT2D eigenvalue weighted by Gasteiger charge is -2.15. The Morgan fingerprint density at radius 3 is 2.90 bits per heavy atom. The van der Waals surface area contributed by atoms with Gasteiger partial charge in [-0.15, -0.1) is 11.3 Å². The van der Waals surface area contributed by atoms with E-state index in [0.29, 0.717) is 28.6 Å². The van der Waals surface area contributed by atoms with Crippen molar-refractivity contribution in [1.82, 2.24) is 4.98 Å². The number of carbonyl (C=O) groups excluding carboxylic acids is 1. The first kappa shape index (κ1) is 18.4. The lowest BCUT2D eigenvalue weighted by atomic mass is 9.94. The van der Waals surface area contributed by atoms with E-state index in [-0.39, 0.29) is 17.7 Å². The molecule has 1 aliphatic heterocycles. The predicted octanol–water partition coefficient (Wildman–Crippen LogP) is 4.93. The fourth-order valence-electron chi connectivity index (χ4n) is 3.50. The number of nitrogens with zero attached hydrogens (tertiary/aromatic N) is 1. The Morgan fingerprint density at radius 1 is 1.24 bits per heavy atom. The average molecular weight is 431 g/mol. The van der Waals surface area contributed by atoms with Crippen LogP contribution in [0.25, 0.3) is 0 Å². The summed E-state index contributed by atoms with van der Waals surface area (Å²) in [5.74, 6) is 0.846. The van der Waals surface area contributed by atoms with Crippen LogP contribution in [0.2, 0.25) is 5.02 Å². The van der Waals surface area contributed by atoms with Crippen molar-refractivity contribution in [2.45, 2.75) is 24.7 Å². The molecule has 0 spiro atoms. The minimum Gasteiger partial charge on any atom is -0.454 e. The van der Waals surface area contributed by atoms with Crippen molar-refractivity contribution in [3.63, 3.8) is 0 Å². The van der Waals surface area contributed by atoms with Crippen LogP contribution >= 0.6 is 22.9 Å². The van der Waals surface area contributed by atoms with Gasteiger partial charge in [0.25, 0.3) is 0 Å². The Morgan fingerprint density at radius 2 is 2.07 bits per heavy atom. The van der Waals surface area contributed by atoms with E-state index in [0.717, 1.165) is 23.3 Å². The minimum atomic E-state index is -0.557. The standard InChI is InChI=1S/C21H16ClFN2O3S/c22-18-12(2-1-3-15(18)23)8-14-10-24-20(29-14)25-19(26)21(6-7-21)13-4-5-16-17(9-13)28-11-27-16/h1-5,9-10H,6-8,11H2,(H,24,25,26). The van der Waals surface area contributed by atoms with Crippen LogP contribution in [0.4, 0.5) is 9.52 Å². The molecule has 3 aromatic rings. The number of anilines is 1. The zero-order chi connectivity index (χ0) is 20.0. The normalized spacial score (nSPS) is 15.9. The highest BCUT2D eigenvalue weighted by Crippen LogP contribution is 2.51. The number of fused-ring (bicyclic) bond motifs is 1. The maximum atomic E-state index is 13.6. The second-order valence-electron chi connectivity index (χ2n) is 7.13. The maximum absolute atomic E-state index is 13.6. The third kappa shape index (κ3) is 3.34. The van der Waals surface area contributed by atoms with Crippen LogP contribution in [0.5, 0.6) is 11.5 Å². The molecule has 1 saturated carbocycles. The van der Waals surface area contributed by atoms with Crippen LogP contribution in [0.1, 0.15) is 28.8 Å². The zero-order valence-corrected chi connectivity index (χ0v) is 16.8. The quantitative estimate of drug-likeness (QED) is 0.623. The molecule has 29 heavy (non-hydrogen) atoms. The number of amides is 1. The number of aromatic nitrogens is 1. The van der Waals surface area contributed by atoms with Gasteiger partial charge < -0.3 is 14.8 Å². The number of nitrogens with one attached hydrogen (secondary N) is 1. The van der Waals surface area contributed by atoms with Gasteiger partial charge >= 0.3 is 0 Å². The molecule has 5 rings (SSSR count). The van der Waals surface area contributed by atoms with E-state index in [1.54, 1.807) is 18.3 Å². The van der Waals surface area contributed by atoms with Crippen molar-refractivity contribution in [2.75, 3.05) is 12.1 Å². The van der Waals surface area contributed by atoms with Crippen molar-refractivity contribution in [1.29, 1.82) is 0 Å². The van der Waals surface area contributed by atoms with Crippen LogP contribution < -0.4 is 14.8 Å². The molecule has 148 valence electrons. The van der Waals surface area contributed by atoms with Crippen molar-refractivity contribution in [2.24, 2.45) is 0 Å². The molecule has 0 unspecified atom stereocenters. The van der Waals surface area contributed by atoms with Crippen LogP contribution in [-0.4, -0.2) is 17.7 Å². The van der Waals surface area contributed by atoms with Gasteiger partial charge in [-0.3, -0.25) is 4.79 Å². The SMILES string of the molecule is O=C(Nc1ncc(Cc2cccc(F)c2Cl)s1)C1(c2ccc3c(c2)OCO3)CC1. The molecule has 8 heteroatoms. The van der Waals surface area contributed by atoms with Gasteiger partial charge in [-0.25, -0.2) is 9.37 Å².